The first kappa shape index (κ1) is 13.1. The molecule has 100 valence electrons. The van der Waals surface area contributed by atoms with E-state index in [1.165, 1.54) is 0 Å². The van der Waals surface area contributed by atoms with E-state index < -0.39 is 11.7 Å². The summed E-state index contributed by atoms with van der Waals surface area (Å²) in [5.41, 5.74) is 0.512. The van der Waals surface area contributed by atoms with E-state index in [0.29, 0.717) is 0 Å². The fraction of sp³-hybridized carbons (Fsp3) is 0.714. The highest BCUT2D eigenvalue weighted by Gasteiger charge is 2.47. The predicted octanol–water partition coefficient (Wildman–Crippen LogP) is 2.53. The van der Waals surface area contributed by atoms with Gasteiger partial charge in [-0.3, -0.25) is 4.90 Å². The van der Waals surface area contributed by atoms with Gasteiger partial charge in [0, 0.05) is 0 Å². The van der Waals surface area contributed by atoms with Crippen LogP contribution in [0, 0.1) is 5.92 Å². The van der Waals surface area contributed by atoms with Gasteiger partial charge < -0.3 is 9.53 Å². The van der Waals surface area contributed by atoms with Crippen molar-refractivity contribution >= 4 is 12.4 Å². The van der Waals surface area contributed by atoms with Gasteiger partial charge in [0.15, 0.2) is 0 Å². The third-order valence-corrected chi connectivity index (χ3v) is 3.69. The summed E-state index contributed by atoms with van der Waals surface area (Å²) in [6.45, 7) is 9.52. The number of piperidine rings is 2. The summed E-state index contributed by atoms with van der Waals surface area (Å²) in [6, 6.07) is -0.371. The molecular weight excluding hydrogens is 230 g/mol. The van der Waals surface area contributed by atoms with Crippen LogP contribution in [0.1, 0.15) is 40.0 Å². The number of carbonyl (C=O) groups excluding carboxylic acids is 2. The van der Waals surface area contributed by atoms with E-state index in [-0.39, 0.29) is 18.0 Å². The van der Waals surface area contributed by atoms with Gasteiger partial charge >= 0.3 is 6.09 Å². The highest BCUT2D eigenvalue weighted by Crippen LogP contribution is 2.41. The summed E-state index contributed by atoms with van der Waals surface area (Å²) in [7, 11) is 0. The SMILES string of the molecule is C=C1C[C@H]2CC[C@@H]1N(C(=O)OC(C)(C)C)[C@@H]2C=O. The number of carbonyl (C=O) groups is 2. The molecule has 0 aromatic carbocycles. The van der Waals surface area contributed by atoms with E-state index in [1.807, 2.05) is 20.8 Å². The first-order valence-corrected chi connectivity index (χ1v) is 6.48. The number of hydrogen-bond acceptors (Lipinski definition) is 3. The fourth-order valence-corrected chi connectivity index (χ4v) is 2.95. The summed E-state index contributed by atoms with van der Waals surface area (Å²) in [5, 5.41) is 0. The van der Waals surface area contributed by atoms with Gasteiger partial charge in [-0.15, -0.1) is 0 Å². The number of amides is 1. The largest absolute Gasteiger partial charge is 0.444 e. The second-order valence-electron chi connectivity index (χ2n) is 6.23. The van der Waals surface area contributed by atoms with Gasteiger partial charge in [0.1, 0.15) is 11.9 Å². The zero-order valence-corrected chi connectivity index (χ0v) is 11.3. The zero-order valence-electron chi connectivity index (χ0n) is 11.3. The van der Waals surface area contributed by atoms with Crippen molar-refractivity contribution in [3.8, 4) is 0 Å². The zero-order chi connectivity index (χ0) is 13.5. The van der Waals surface area contributed by atoms with Crippen LogP contribution in [0.25, 0.3) is 0 Å². The van der Waals surface area contributed by atoms with E-state index in [2.05, 4.69) is 6.58 Å². The number of hydrogen-bond donors (Lipinski definition) is 0. The van der Waals surface area contributed by atoms with Crippen molar-refractivity contribution in [3.05, 3.63) is 12.2 Å². The predicted molar refractivity (Wildman–Crippen MR) is 68.2 cm³/mol. The topological polar surface area (TPSA) is 46.6 Å². The molecule has 1 amide bonds. The van der Waals surface area contributed by atoms with Crippen LogP contribution >= 0.6 is 0 Å². The minimum absolute atomic E-state index is 0.0277. The molecule has 0 unspecified atom stereocenters. The first-order chi connectivity index (χ1) is 8.33. The molecule has 0 radical (unpaired) electrons. The number of rotatable bonds is 1. The van der Waals surface area contributed by atoms with E-state index >= 15 is 0 Å². The van der Waals surface area contributed by atoms with E-state index in [0.717, 1.165) is 31.1 Å². The summed E-state index contributed by atoms with van der Waals surface area (Å²) in [4.78, 5) is 25.1. The summed E-state index contributed by atoms with van der Waals surface area (Å²) in [6.07, 6.45) is 3.23. The van der Waals surface area contributed by atoms with Crippen LogP contribution < -0.4 is 0 Å². The Balaban J connectivity index is 2.21. The van der Waals surface area contributed by atoms with Crippen molar-refractivity contribution in [1.82, 2.24) is 4.90 Å². The van der Waals surface area contributed by atoms with E-state index in [1.54, 1.807) is 4.90 Å². The Morgan fingerprint density at radius 2 is 2.11 bits per heavy atom. The number of nitrogens with zero attached hydrogens (tertiary/aromatic N) is 1. The van der Waals surface area contributed by atoms with Gasteiger partial charge in [-0.25, -0.2) is 4.79 Å². The van der Waals surface area contributed by atoms with E-state index in [4.69, 9.17) is 4.74 Å². The minimum Gasteiger partial charge on any atom is -0.444 e. The standard InChI is InChI=1S/C14H21NO3/c1-9-7-10-5-6-11(9)15(12(10)8-16)13(17)18-14(2,3)4/h8,10-12H,1,5-7H2,2-4H3/t10-,11+,12-/m1/s1. The van der Waals surface area contributed by atoms with Crippen molar-refractivity contribution in [2.45, 2.75) is 57.7 Å². The Labute approximate surface area is 108 Å². The third kappa shape index (κ3) is 2.28. The molecule has 18 heavy (non-hydrogen) atoms. The summed E-state index contributed by atoms with van der Waals surface area (Å²) < 4.78 is 5.40. The first-order valence-electron chi connectivity index (χ1n) is 6.48. The Morgan fingerprint density at radius 1 is 1.44 bits per heavy atom. The van der Waals surface area contributed by atoms with Gasteiger partial charge in [0.25, 0.3) is 0 Å². The minimum atomic E-state index is -0.539. The Hall–Kier alpha value is -1.32. The van der Waals surface area contributed by atoms with Gasteiger partial charge in [0.05, 0.1) is 12.1 Å². The molecule has 3 fully saturated rings. The van der Waals surface area contributed by atoms with Crippen molar-refractivity contribution in [3.63, 3.8) is 0 Å². The maximum Gasteiger partial charge on any atom is 0.411 e. The Morgan fingerprint density at radius 3 is 2.61 bits per heavy atom. The molecule has 2 heterocycles. The van der Waals surface area contributed by atoms with E-state index in [9.17, 15) is 9.59 Å². The van der Waals surface area contributed by atoms with Gasteiger partial charge in [-0.2, -0.15) is 0 Å². The lowest BCUT2D eigenvalue weighted by Crippen LogP contribution is -2.59. The average Bonchev–Trinajstić information content (AvgIpc) is 2.26. The maximum absolute atomic E-state index is 12.2. The van der Waals surface area contributed by atoms with Crippen LogP contribution in [-0.4, -0.2) is 35.0 Å². The van der Waals surface area contributed by atoms with Crippen LogP contribution in [0.15, 0.2) is 12.2 Å². The summed E-state index contributed by atoms with van der Waals surface area (Å²) in [5.74, 6) is 0.215. The van der Waals surface area contributed by atoms with Crippen LogP contribution in [0.2, 0.25) is 0 Å². The third-order valence-electron chi connectivity index (χ3n) is 3.69. The Bertz CT molecular complexity index is 381. The molecule has 4 nitrogen and oxygen atoms in total. The molecular formula is C14H21NO3. The van der Waals surface area contributed by atoms with Crippen molar-refractivity contribution < 1.29 is 14.3 Å². The molecule has 0 spiro atoms. The molecule has 0 N–H and O–H groups in total. The number of aldehydes is 1. The van der Waals surface area contributed by atoms with Gasteiger partial charge in [0.2, 0.25) is 0 Å². The van der Waals surface area contributed by atoms with Gasteiger partial charge in [-0.1, -0.05) is 12.2 Å². The number of ether oxygens (including phenoxy) is 1. The average molecular weight is 251 g/mol. The lowest BCUT2D eigenvalue weighted by Gasteiger charge is -2.50. The monoisotopic (exact) mass is 251 g/mol. The molecule has 0 aromatic rings. The molecule has 0 aromatic heterocycles. The normalized spacial score (nSPS) is 31.4. The molecule has 4 heteroatoms. The fourth-order valence-electron chi connectivity index (χ4n) is 2.95. The molecule has 3 aliphatic rings. The molecule has 2 bridgehead atoms. The summed E-state index contributed by atoms with van der Waals surface area (Å²) >= 11 is 0. The van der Waals surface area contributed by atoms with Gasteiger partial charge in [-0.05, 0) is 46.0 Å². The van der Waals surface area contributed by atoms with Crippen molar-refractivity contribution in [1.29, 1.82) is 0 Å². The second kappa shape index (κ2) is 4.41. The second-order valence-corrected chi connectivity index (χ2v) is 6.23. The molecule has 2 aliphatic heterocycles. The lowest BCUT2D eigenvalue weighted by molar-refractivity contribution is -0.118. The smallest absolute Gasteiger partial charge is 0.411 e. The molecule has 2 saturated heterocycles. The molecule has 3 atom stereocenters. The van der Waals surface area contributed by atoms with Crippen LogP contribution in [0.5, 0.6) is 0 Å². The maximum atomic E-state index is 12.2. The quantitative estimate of drug-likeness (QED) is 0.531. The Kier molecular flexibility index (Phi) is 3.21. The lowest BCUT2D eigenvalue weighted by atomic mass is 9.73. The molecule has 1 aliphatic carbocycles. The highest BCUT2D eigenvalue weighted by molar-refractivity contribution is 5.76. The van der Waals surface area contributed by atoms with Crippen LogP contribution in [0.3, 0.4) is 0 Å². The van der Waals surface area contributed by atoms with Crippen LogP contribution in [-0.2, 0) is 9.53 Å². The molecule has 1 saturated carbocycles. The van der Waals surface area contributed by atoms with Crippen molar-refractivity contribution in [2.24, 2.45) is 5.92 Å². The highest BCUT2D eigenvalue weighted by atomic mass is 16.6. The van der Waals surface area contributed by atoms with Crippen molar-refractivity contribution in [2.75, 3.05) is 0 Å². The molecule has 3 rings (SSSR count). The number of fused-ring (bicyclic) bond motifs is 3. The van der Waals surface area contributed by atoms with Crippen LogP contribution in [0.4, 0.5) is 4.79 Å².